The molecule has 0 heterocycles. The highest BCUT2D eigenvalue weighted by Gasteiger charge is 2.26. The summed E-state index contributed by atoms with van der Waals surface area (Å²) in [5.74, 6) is 0.481. The SMILES string of the molecule is Cc1ccc(C(C)O)c(OC(C)C(=O)NC2CC2)c1. The molecule has 1 saturated carbocycles. The number of hydrogen-bond acceptors (Lipinski definition) is 3. The Morgan fingerprint density at radius 2 is 2.11 bits per heavy atom. The molecule has 1 fully saturated rings. The maximum atomic E-state index is 11.9. The summed E-state index contributed by atoms with van der Waals surface area (Å²) in [5, 5.41) is 12.6. The van der Waals surface area contributed by atoms with Gasteiger partial charge in [-0.05, 0) is 45.2 Å². The summed E-state index contributed by atoms with van der Waals surface area (Å²) >= 11 is 0. The fourth-order valence-electron chi connectivity index (χ4n) is 1.88. The highest BCUT2D eigenvalue weighted by atomic mass is 16.5. The Hall–Kier alpha value is -1.55. The van der Waals surface area contributed by atoms with Crippen LogP contribution in [0.15, 0.2) is 18.2 Å². The molecule has 1 amide bonds. The number of carbonyl (C=O) groups excluding carboxylic acids is 1. The Labute approximate surface area is 113 Å². The summed E-state index contributed by atoms with van der Waals surface area (Å²) in [6, 6.07) is 5.93. The highest BCUT2D eigenvalue weighted by Crippen LogP contribution is 2.27. The first-order chi connectivity index (χ1) is 8.97. The topological polar surface area (TPSA) is 58.6 Å². The van der Waals surface area contributed by atoms with Gasteiger partial charge in [-0.1, -0.05) is 12.1 Å². The maximum Gasteiger partial charge on any atom is 0.260 e. The fourth-order valence-corrected chi connectivity index (χ4v) is 1.88. The third-order valence-electron chi connectivity index (χ3n) is 3.22. The van der Waals surface area contributed by atoms with Crippen LogP contribution < -0.4 is 10.1 Å². The lowest BCUT2D eigenvalue weighted by Crippen LogP contribution is -2.37. The van der Waals surface area contributed by atoms with E-state index in [-0.39, 0.29) is 5.91 Å². The van der Waals surface area contributed by atoms with Gasteiger partial charge in [0, 0.05) is 11.6 Å². The smallest absolute Gasteiger partial charge is 0.260 e. The van der Waals surface area contributed by atoms with Gasteiger partial charge in [0.15, 0.2) is 6.10 Å². The van der Waals surface area contributed by atoms with Crippen LogP contribution >= 0.6 is 0 Å². The predicted molar refractivity (Wildman–Crippen MR) is 73.1 cm³/mol. The number of carbonyl (C=O) groups is 1. The van der Waals surface area contributed by atoms with Gasteiger partial charge in [-0.2, -0.15) is 0 Å². The van der Waals surface area contributed by atoms with Crippen molar-refractivity contribution in [1.82, 2.24) is 5.32 Å². The minimum absolute atomic E-state index is 0.0967. The summed E-state index contributed by atoms with van der Waals surface area (Å²) in [6.45, 7) is 5.37. The molecule has 19 heavy (non-hydrogen) atoms. The maximum absolute atomic E-state index is 11.9. The number of aryl methyl sites for hydroxylation is 1. The standard InChI is InChI=1S/C15H21NO3/c1-9-4-7-13(10(2)17)14(8-9)19-11(3)15(18)16-12-5-6-12/h4,7-8,10-12,17H,5-6H2,1-3H3,(H,16,18). The van der Waals surface area contributed by atoms with Gasteiger partial charge in [0.1, 0.15) is 5.75 Å². The van der Waals surface area contributed by atoms with Crippen molar-refractivity contribution in [1.29, 1.82) is 0 Å². The van der Waals surface area contributed by atoms with Crippen molar-refractivity contribution < 1.29 is 14.6 Å². The number of aliphatic hydroxyl groups is 1. The molecule has 0 spiro atoms. The second-order valence-electron chi connectivity index (χ2n) is 5.26. The number of amides is 1. The number of hydrogen-bond donors (Lipinski definition) is 2. The summed E-state index contributed by atoms with van der Waals surface area (Å²) in [5.41, 5.74) is 1.74. The van der Waals surface area contributed by atoms with Crippen LogP contribution in [0.1, 0.15) is 43.9 Å². The van der Waals surface area contributed by atoms with Crippen molar-refractivity contribution in [3.05, 3.63) is 29.3 Å². The molecule has 1 aliphatic rings. The van der Waals surface area contributed by atoms with E-state index in [4.69, 9.17) is 4.74 Å². The molecule has 1 aliphatic carbocycles. The van der Waals surface area contributed by atoms with Crippen molar-refractivity contribution in [3.8, 4) is 5.75 Å². The molecule has 4 heteroatoms. The van der Waals surface area contributed by atoms with E-state index in [0.717, 1.165) is 18.4 Å². The van der Waals surface area contributed by atoms with E-state index in [0.29, 0.717) is 17.4 Å². The molecule has 0 aliphatic heterocycles. The number of rotatable bonds is 5. The molecule has 2 rings (SSSR count). The van der Waals surface area contributed by atoms with Gasteiger partial charge in [-0.3, -0.25) is 4.79 Å². The van der Waals surface area contributed by atoms with E-state index in [1.54, 1.807) is 13.8 Å². The Bertz CT molecular complexity index is 466. The van der Waals surface area contributed by atoms with E-state index < -0.39 is 12.2 Å². The second-order valence-corrected chi connectivity index (χ2v) is 5.26. The second kappa shape index (κ2) is 5.61. The molecule has 1 aromatic rings. The summed E-state index contributed by atoms with van der Waals surface area (Å²) in [4.78, 5) is 11.9. The van der Waals surface area contributed by atoms with Crippen LogP contribution in [0.3, 0.4) is 0 Å². The first kappa shape index (κ1) is 13.9. The largest absolute Gasteiger partial charge is 0.481 e. The van der Waals surface area contributed by atoms with Crippen molar-refractivity contribution >= 4 is 5.91 Å². The van der Waals surface area contributed by atoms with Crippen LogP contribution in [0.4, 0.5) is 0 Å². The Morgan fingerprint density at radius 3 is 2.68 bits per heavy atom. The van der Waals surface area contributed by atoms with E-state index in [1.165, 1.54) is 0 Å². The van der Waals surface area contributed by atoms with E-state index >= 15 is 0 Å². The lowest BCUT2D eigenvalue weighted by atomic mass is 10.1. The fraction of sp³-hybridized carbons (Fsp3) is 0.533. The number of ether oxygens (including phenoxy) is 1. The molecule has 1 aromatic carbocycles. The average Bonchev–Trinajstić information content (AvgIpc) is 3.12. The van der Waals surface area contributed by atoms with Crippen molar-refractivity contribution in [2.75, 3.05) is 0 Å². The van der Waals surface area contributed by atoms with Gasteiger partial charge in [0.2, 0.25) is 0 Å². The lowest BCUT2D eigenvalue weighted by molar-refractivity contribution is -0.127. The van der Waals surface area contributed by atoms with Gasteiger partial charge in [-0.15, -0.1) is 0 Å². The molecular formula is C15H21NO3. The third kappa shape index (κ3) is 3.70. The number of aliphatic hydroxyl groups excluding tert-OH is 1. The summed E-state index contributed by atoms with van der Waals surface area (Å²) in [6.07, 6.45) is 0.943. The van der Waals surface area contributed by atoms with Crippen molar-refractivity contribution in [2.24, 2.45) is 0 Å². The normalized spacial score (nSPS) is 17.7. The van der Waals surface area contributed by atoms with Crippen LogP contribution in [0.2, 0.25) is 0 Å². The molecule has 0 saturated heterocycles. The monoisotopic (exact) mass is 263 g/mol. The van der Waals surface area contributed by atoms with Gasteiger partial charge >= 0.3 is 0 Å². The number of nitrogens with one attached hydrogen (secondary N) is 1. The molecular weight excluding hydrogens is 242 g/mol. The highest BCUT2D eigenvalue weighted by molar-refractivity contribution is 5.81. The molecule has 0 bridgehead atoms. The quantitative estimate of drug-likeness (QED) is 0.855. The van der Waals surface area contributed by atoms with E-state index in [1.807, 2.05) is 25.1 Å². The van der Waals surface area contributed by atoms with Crippen LogP contribution in [-0.4, -0.2) is 23.2 Å². The molecule has 0 aromatic heterocycles. The Kier molecular flexibility index (Phi) is 4.10. The molecule has 0 radical (unpaired) electrons. The molecule has 4 nitrogen and oxygen atoms in total. The van der Waals surface area contributed by atoms with Gasteiger partial charge in [-0.25, -0.2) is 0 Å². The summed E-state index contributed by atoms with van der Waals surface area (Å²) in [7, 11) is 0. The van der Waals surface area contributed by atoms with Gasteiger partial charge in [0.25, 0.3) is 5.91 Å². The van der Waals surface area contributed by atoms with Crippen LogP contribution in [0, 0.1) is 6.92 Å². The minimum atomic E-state index is -0.616. The number of benzene rings is 1. The van der Waals surface area contributed by atoms with Crippen LogP contribution in [0.5, 0.6) is 5.75 Å². The Balaban J connectivity index is 2.07. The predicted octanol–water partition coefficient (Wildman–Crippen LogP) is 2.09. The van der Waals surface area contributed by atoms with Gasteiger partial charge in [0.05, 0.1) is 6.10 Å². The molecule has 2 unspecified atom stereocenters. The third-order valence-corrected chi connectivity index (χ3v) is 3.22. The Morgan fingerprint density at radius 1 is 1.42 bits per heavy atom. The molecule has 104 valence electrons. The average molecular weight is 263 g/mol. The molecule has 2 N–H and O–H groups in total. The molecule has 2 atom stereocenters. The van der Waals surface area contributed by atoms with E-state index in [9.17, 15) is 9.90 Å². The lowest BCUT2D eigenvalue weighted by Gasteiger charge is -2.18. The zero-order valence-corrected chi connectivity index (χ0v) is 11.6. The van der Waals surface area contributed by atoms with Crippen LogP contribution in [-0.2, 0) is 4.79 Å². The van der Waals surface area contributed by atoms with Crippen molar-refractivity contribution in [3.63, 3.8) is 0 Å². The zero-order valence-electron chi connectivity index (χ0n) is 11.6. The minimum Gasteiger partial charge on any atom is -0.481 e. The zero-order chi connectivity index (χ0) is 14.0. The first-order valence-electron chi connectivity index (χ1n) is 6.73. The van der Waals surface area contributed by atoms with Crippen molar-refractivity contribution in [2.45, 2.75) is 51.9 Å². The van der Waals surface area contributed by atoms with Crippen LogP contribution in [0.25, 0.3) is 0 Å². The summed E-state index contributed by atoms with van der Waals surface area (Å²) < 4.78 is 5.71. The first-order valence-corrected chi connectivity index (χ1v) is 6.73. The van der Waals surface area contributed by atoms with E-state index in [2.05, 4.69) is 5.32 Å². The van der Waals surface area contributed by atoms with Gasteiger partial charge < -0.3 is 15.2 Å².